The summed E-state index contributed by atoms with van der Waals surface area (Å²) in [5.74, 6) is 0.228. The minimum atomic E-state index is -3.09. The summed E-state index contributed by atoms with van der Waals surface area (Å²) in [6, 6.07) is 11.1. The predicted octanol–water partition coefficient (Wildman–Crippen LogP) is 4.53. The molecule has 1 aliphatic heterocycles. The van der Waals surface area contributed by atoms with Crippen LogP contribution in [0.4, 0.5) is 5.69 Å². The Labute approximate surface area is 195 Å². The fraction of sp³-hybridized carbons (Fsp3) is 0.308. The van der Waals surface area contributed by atoms with Gasteiger partial charge in [0.1, 0.15) is 5.75 Å². The fourth-order valence-electron chi connectivity index (χ4n) is 3.66. The van der Waals surface area contributed by atoms with E-state index in [1.54, 1.807) is 19.2 Å². The van der Waals surface area contributed by atoms with Crippen LogP contribution in [-0.2, 0) is 30.6 Å². The number of methoxy groups -OCH3 is 1. The summed E-state index contributed by atoms with van der Waals surface area (Å²) in [5, 5.41) is 0. The number of rotatable bonds is 6. The highest BCUT2D eigenvalue weighted by Gasteiger charge is 2.26. The average Bonchev–Trinajstić information content (AvgIpc) is 2.71. The molecule has 0 saturated carbocycles. The summed E-state index contributed by atoms with van der Waals surface area (Å²) in [6.45, 7) is 6.21. The van der Waals surface area contributed by atoms with Gasteiger partial charge in [-0.05, 0) is 34.8 Å². The predicted molar refractivity (Wildman–Crippen MR) is 132 cm³/mol. The van der Waals surface area contributed by atoms with E-state index in [0.717, 1.165) is 22.3 Å². The Bertz CT molecular complexity index is 1230. The minimum Gasteiger partial charge on any atom is -0.496 e. The number of carbonyl (C=O) groups excluding carboxylic acids is 2. The lowest BCUT2D eigenvalue weighted by molar-refractivity contribution is -0.124. The van der Waals surface area contributed by atoms with Gasteiger partial charge in [0.15, 0.2) is 15.6 Å². The summed E-state index contributed by atoms with van der Waals surface area (Å²) < 4.78 is 28.8. The van der Waals surface area contributed by atoms with Crippen LogP contribution in [0, 0.1) is 0 Å². The maximum Gasteiger partial charge on any atom is 0.238 e. The van der Waals surface area contributed by atoms with Gasteiger partial charge in [0.05, 0.1) is 19.3 Å². The highest BCUT2D eigenvalue weighted by atomic mass is 32.2. The molecule has 1 heterocycles. The molecule has 0 atom stereocenters. The third kappa shape index (κ3) is 6.20. The van der Waals surface area contributed by atoms with Crippen molar-refractivity contribution in [2.45, 2.75) is 38.4 Å². The SMILES string of the molecule is COc1c(/C=C/c2ccc(CS(C)(=O)=O)cc2)cc(N2C=CC(=O)CC2=O)cc1C(C)(C)C. The Morgan fingerprint density at radius 1 is 1.06 bits per heavy atom. The molecule has 0 bridgehead atoms. The van der Waals surface area contributed by atoms with Crippen molar-refractivity contribution in [2.24, 2.45) is 0 Å². The van der Waals surface area contributed by atoms with Crippen LogP contribution in [0.25, 0.3) is 12.2 Å². The third-order valence-electron chi connectivity index (χ3n) is 5.26. The van der Waals surface area contributed by atoms with Crippen molar-refractivity contribution < 1.29 is 22.7 Å². The van der Waals surface area contributed by atoms with Gasteiger partial charge < -0.3 is 4.74 Å². The number of carbonyl (C=O) groups is 2. The van der Waals surface area contributed by atoms with Crippen LogP contribution in [0.2, 0.25) is 0 Å². The van der Waals surface area contributed by atoms with Crippen LogP contribution in [0.15, 0.2) is 48.7 Å². The molecule has 1 aliphatic rings. The number of sulfone groups is 1. The van der Waals surface area contributed by atoms with Gasteiger partial charge in [0, 0.05) is 29.3 Å². The number of nitrogens with zero attached hydrogens (tertiary/aromatic N) is 1. The lowest BCUT2D eigenvalue weighted by Gasteiger charge is -2.28. The quantitative estimate of drug-likeness (QED) is 0.461. The van der Waals surface area contributed by atoms with Gasteiger partial charge in [-0.2, -0.15) is 0 Å². The van der Waals surface area contributed by atoms with Gasteiger partial charge >= 0.3 is 0 Å². The van der Waals surface area contributed by atoms with Gasteiger partial charge in [0.25, 0.3) is 0 Å². The smallest absolute Gasteiger partial charge is 0.238 e. The molecule has 0 radical (unpaired) electrons. The van der Waals surface area contributed by atoms with Crippen LogP contribution in [0.1, 0.15) is 49.4 Å². The molecule has 174 valence electrons. The molecule has 0 aromatic heterocycles. The Kier molecular flexibility index (Phi) is 6.93. The van der Waals surface area contributed by atoms with E-state index in [9.17, 15) is 18.0 Å². The topological polar surface area (TPSA) is 80.8 Å². The highest BCUT2D eigenvalue weighted by molar-refractivity contribution is 7.89. The number of hydrogen-bond acceptors (Lipinski definition) is 5. The van der Waals surface area contributed by atoms with E-state index in [2.05, 4.69) is 20.8 Å². The molecule has 2 aromatic carbocycles. The minimum absolute atomic E-state index is 0.00168. The summed E-state index contributed by atoms with van der Waals surface area (Å²) in [6.07, 6.45) is 7.80. The molecular formula is C26H29NO5S. The Morgan fingerprint density at radius 3 is 2.27 bits per heavy atom. The molecule has 3 rings (SSSR count). The molecule has 1 amide bonds. The van der Waals surface area contributed by atoms with Crippen LogP contribution in [-0.4, -0.2) is 33.5 Å². The van der Waals surface area contributed by atoms with Crippen molar-refractivity contribution in [3.05, 3.63) is 70.9 Å². The third-order valence-corrected chi connectivity index (χ3v) is 6.12. The first-order valence-electron chi connectivity index (χ1n) is 10.6. The number of amides is 1. The summed E-state index contributed by atoms with van der Waals surface area (Å²) in [5.41, 5.74) is 3.76. The van der Waals surface area contributed by atoms with Crippen molar-refractivity contribution in [3.63, 3.8) is 0 Å². The van der Waals surface area contributed by atoms with Crippen LogP contribution in [0.5, 0.6) is 5.75 Å². The summed E-state index contributed by atoms with van der Waals surface area (Å²) in [4.78, 5) is 25.6. The van der Waals surface area contributed by atoms with Crippen molar-refractivity contribution >= 4 is 39.4 Å². The first-order chi connectivity index (χ1) is 15.4. The standard InChI is InChI=1S/C26H29NO5S/c1-26(2,3)23-15-21(27-13-12-22(28)16-24(27)29)14-20(25(23)32-4)11-10-18-6-8-19(9-7-18)17-33(5,30)31/h6-15H,16-17H2,1-5H3/b11-10+. The van der Waals surface area contributed by atoms with Crippen molar-refractivity contribution in [3.8, 4) is 5.75 Å². The maximum atomic E-state index is 12.5. The van der Waals surface area contributed by atoms with E-state index < -0.39 is 9.84 Å². The van der Waals surface area contributed by atoms with E-state index in [1.807, 2.05) is 36.4 Å². The first-order valence-corrected chi connectivity index (χ1v) is 12.6. The maximum absolute atomic E-state index is 12.5. The summed E-state index contributed by atoms with van der Waals surface area (Å²) >= 11 is 0. The average molecular weight is 468 g/mol. The molecule has 0 spiro atoms. The number of hydrogen-bond donors (Lipinski definition) is 0. The zero-order valence-corrected chi connectivity index (χ0v) is 20.4. The van der Waals surface area contributed by atoms with Crippen molar-refractivity contribution in [1.82, 2.24) is 0 Å². The van der Waals surface area contributed by atoms with Gasteiger partial charge in [-0.3, -0.25) is 14.5 Å². The zero-order valence-electron chi connectivity index (χ0n) is 19.6. The van der Waals surface area contributed by atoms with Crippen molar-refractivity contribution in [1.29, 1.82) is 0 Å². The Balaban J connectivity index is 2.03. The van der Waals surface area contributed by atoms with Crippen LogP contribution < -0.4 is 9.64 Å². The molecule has 0 unspecified atom stereocenters. The number of benzene rings is 2. The lowest BCUT2D eigenvalue weighted by atomic mass is 9.84. The van der Waals surface area contributed by atoms with Crippen LogP contribution >= 0.6 is 0 Å². The molecule has 7 heteroatoms. The second-order valence-electron chi connectivity index (χ2n) is 9.23. The molecule has 0 N–H and O–H groups in total. The van der Waals surface area contributed by atoms with Gasteiger partial charge in [-0.25, -0.2) is 8.42 Å². The van der Waals surface area contributed by atoms with Gasteiger partial charge in [-0.15, -0.1) is 0 Å². The van der Waals surface area contributed by atoms with E-state index in [0.29, 0.717) is 11.4 Å². The second-order valence-corrected chi connectivity index (χ2v) is 11.4. The van der Waals surface area contributed by atoms with E-state index in [4.69, 9.17) is 4.74 Å². The zero-order chi connectivity index (χ0) is 24.4. The highest BCUT2D eigenvalue weighted by Crippen LogP contribution is 2.39. The normalized spacial score (nSPS) is 14.9. The Hall–Kier alpha value is -3.19. The van der Waals surface area contributed by atoms with E-state index in [1.165, 1.54) is 23.4 Å². The number of ether oxygens (including phenoxy) is 1. The first kappa shape index (κ1) is 24.5. The summed E-state index contributed by atoms with van der Waals surface area (Å²) in [7, 11) is -1.47. The fourth-order valence-corrected chi connectivity index (χ4v) is 4.46. The molecule has 0 fully saturated rings. The number of ketones is 1. The molecule has 0 aliphatic carbocycles. The largest absolute Gasteiger partial charge is 0.496 e. The number of anilines is 1. The van der Waals surface area contributed by atoms with Crippen LogP contribution in [0.3, 0.4) is 0 Å². The van der Waals surface area contributed by atoms with E-state index in [-0.39, 0.29) is 29.3 Å². The van der Waals surface area contributed by atoms with Crippen molar-refractivity contribution in [2.75, 3.05) is 18.3 Å². The van der Waals surface area contributed by atoms with Gasteiger partial charge in [-0.1, -0.05) is 57.2 Å². The second kappa shape index (κ2) is 9.35. The monoisotopic (exact) mass is 467 g/mol. The lowest BCUT2D eigenvalue weighted by Crippen LogP contribution is -2.31. The Morgan fingerprint density at radius 2 is 1.73 bits per heavy atom. The molecular weight excluding hydrogens is 438 g/mol. The molecule has 6 nitrogen and oxygen atoms in total. The molecule has 2 aromatic rings. The number of allylic oxidation sites excluding steroid dienone is 1. The molecule has 33 heavy (non-hydrogen) atoms. The van der Waals surface area contributed by atoms with E-state index >= 15 is 0 Å². The molecule has 0 saturated heterocycles. The van der Waals surface area contributed by atoms with Gasteiger partial charge in [0.2, 0.25) is 5.91 Å².